The molecule has 0 aliphatic heterocycles. The molecule has 1 aromatic carbocycles. The highest BCUT2D eigenvalue weighted by atomic mass is 16.5. The lowest BCUT2D eigenvalue weighted by atomic mass is 9.97. The minimum Gasteiger partial charge on any atom is -0.468 e. The van der Waals surface area contributed by atoms with Crippen LogP contribution in [0.2, 0.25) is 0 Å². The van der Waals surface area contributed by atoms with Crippen molar-refractivity contribution in [1.82, 2.24) is 5.32 Å². The second kappa shape index (κ2) is 9.92. The summed E-state index contributed by atoms with van der Waals surface area (Å²) < 4.78 is 10.2. The van der Waals surface area contributed by atoms with Crippen LogP contribution in [0.15, 0.2) is 55.1 Å². The third-order valence-electron chi connectivity index (χ3n) is 3.30. The minimum atomic E-state index is -0.764. The second-order valence-corrected chi connectivity index (χ2v) is 5.16. The molecule has 0 unspecified atom stereocenters. The Balaban J connectivity index is 2.57. The summed E-state index contributed by atoms with van der Waals surface area (Å²) in [6.45, 7) is 7.05. The monoisotopic (exact) mass is 303 g/mol. The number of esters is 1. The summed E-state index contributed by atoms with van der Waals surface area (Å²) in [4.78, 5) is 12.1. The topological polar surface area (TPSA) is 47.6 Å². The number of carbonyl (C=O) groups excluding carboxylic acids is 1. The normalized spacial score (nSPS) is 13.7. The van der Waals surface area contributed by atoms with E-state index in [9.17, 15) is 4.79 Å². The van der Waals surface area contributed by atoms with Crippen molar-refractivity contribution in [3.63, 3.8) is 0 Å². The lowest BCUT2D eigenvalue weighted by Crippen LogP contribution is -2.49. The zero-order valence-corrected chi connectivity index (χ0v) is 13.4. The zero-order valence-electron chi connectivity index (χ0n) is 13.4. The first-order chi connectivity index (χ1) is 10.6. The molecular formula is C18H25NO3. The van der Waals surface area contributed by atoms with Crippen molar-refractivity contribution < 1.29 is 14.3 Å². The van der Waals surface area contributed by atoms with Gasteiger partial charge in [0.1, 0.15) is 5.54 Å². The Kier molecular flexibility index (Phi) is 8.18. The van der Waals surface area contributed by atoms with Gasteiger partial charge in [-0.15, -0.1) is 6.58 Å². The molecule has 22 heavy (non-hydrogen) atoms. The van der Waals surface area contributed by atoms with E-state index in [0.29, 0.717) is 26.2 Å². The summed E-state index contributed by atoms with van der Waals surface area (Å²) in [6.07, 6.45) is 6.06. The van der Waals surface area contributed by atoms with Crippen LogP contribution in [0.25, 0.3) is 0 Å². The Hall–Kier alpha value is -1.91. The molecule has 1 aromatic rings. The summed E-state index contributed by atoms with van der Waals surface area (Å²) in [5.74, 6) is -0.278. The van der Waals surface area contributed by atoms with Crippen molar-refractivity contribution in [3.8, 4) is 0 Å². The lowest BCUT2D eigenvalue weighted by Gasteiger charge is -2.27. The quantitative estimate of drug-likeness (QED) is 0.410. The lowest BCUT2D eigenvalue weighted by molar-refractivity contribution is -0.147. The maximum absolute atomic E-state index is 12.1. The van der Waals surface area contributed by atoms with Crippen LogP contribution in [0.1, 0.15) is 18.9 Å². The van der Waals surface area contributed by atoms with Gasteiger partial charge >= 0.3 is 5.97 Å². The average molecular weight is 303 g/mol. The van der Waals surface area contributed by atoms with Gasteiger partial charge in [0, 0.05) is 6.54 Å². The van der Waals surface area contributed by atoms with Gasteiger partial charge in [-0.3, -0.25) is 10.1 Å². The number of hydrogen-bond donors (Lipinski definition) is 1. The molecule has 120 valence electrons. The van der Waals surface area contributed by atoms with E-state index in [4.69, 9.17) is 9.47 Å². The van der Waals surface area contributed by atoms with E-state index in [2.05, 4.69) is 11.9 Å². The number of carbonyl (C=O) groups is 1. The smallest absolute Gasteiger partial charge is 0.326 e. The molecule has 0 radical (unpaired) electrons. The Morgan fingerprint density at radius 2 is 2.00 bits per heavy atom. The van der Waals surface area contributed by atoms with Crippen molar-refractivity contribution in [1.29, 1.82) is 0 Å². The molecule has 0 aliphatic carbocycles. The Morgan fingerprint density at radius 3 is 2.64 bits per heavy atom. The summed E-state index contributed by atoms with van der Waals surface area (Å²) in [5.41, 5.74) is 0.357. The highest BCUT2D eigenvalue weighted by Crippen LogP contribution is 2.14. The zero-order chi connectivity index (χ0) is 16.3. The second-order valence-electron chi connectivity index (χ2n) is 5.16. The van der Waals surface area contributed by atoms with E-state index in [1.807, 2.05) is 49.4 Å². The van der Waals surface area contributed by atoms with Crippen LogP contribution in [-0.4, -0.2) is 31.8 Å². The molecule has 0 heterocycles. The highest BCUT2D eigenvalue weighted by Gasteiger charge is 2.32. The van der Waals surface area contributed by atoms with Gasteiger partial charge in [-0.05, 0) is 18.9 Å². The minimum absolute atomic E-state index is 0.278. The number of benzene rings is 1. The number of hydrogen-bond acceptors (Lipinski definition) is 4. The molecule has 1 N–H and O–H groups in total. The SMILES string of the molecule is C=CCOC/C=C\C[C@](C)(NCc1ccccc1)C(=O)OC. The van der Waals surface area contributed by atoms with Crippen LogP contribution in [0, 0.1) is 0 Å². The van der Waals surface area contributed by atoms with Crippen molar-refractivity contribution >= 4 is 5.97 Å². The van der Waals surface area contributed by atoms with Crippen LogP contribution in [0.5, 0.6) is 0 Å². The molecule has 0 amide bonds. The molecule has 4 heteroatoms. The first kappa shape index (κ1) is 18.1. The highest BCUT2D eigenvalue weighted by molar-refractivity contribution is 5.80. The van der Waals surface area contributed by atoms with E-state index in [1.165, 1.54) is 7.11 Å². The largest absolute Gasteiger partial charge is 0.468 e. The average Bonchev–Trinajstić information content (AvgIpc) is 2.56. The van der Waals surface area contributed by atoms with Gasteiger partial charge in [0.25, 0.3) is 0 Å². The molecule has 0 spiro atoms. The Labute approximate surface area is 132 Å². The fraction of sp³-hybridized carbons (Fsp3) is 0.389. The number of nitrogens with one attached hydrogen (secondary N) is 1. The molecule has 1 rings (SSSR count). The standard InChI is InChI=1S/C18H25NO3/c1-4-13-22-14-9-8-12-18(2,17(20)21-3)19-15-16-10-6-5-7-11-16/h4-11,19H,1,12-15H2,2-3H3/b9-8-/t18-/m0/s1. The molecule has 0 fully saturated rings. The van der Waals surface area contributed by atoms with Gasteiger partial charge in [0.2, 0.25) is 0 Å². The van der Waals surface area contributed by atoms with Gasteiger partial charge < -0.3 is 9.47 Å². The number of methoxy groups -OCH3 is 1. The maximum atomic E-state index is 12.1. The predicted octanol–water partition coefficient (Wildman–Crippen LogP) is 2.86. The van der Waals surface area contributed by atoms with E-state index in [-0.39, 0.29) is 5.97 Å². The predicted molar refractivity (Wildman–Crippen MR) is 88.5 cm³/mol. The van der Waals surface area contributed by atoms with E-state index in [1.54, 1.807) is 6.08 Å². The Morgan fingerprint density at radius 1 is 1.27 bits per heavy atom. The fourth-order valence-corrected chi connectivity index (χ4v) is 1.95. The van der Waals surface area contributed by atoms with Crippen molar-refractivity contribution in [2.75, 3.05) is 20.3 Å². The first-order valence-electron chi connectivity index (χ1n) is 7.33. The molecular weight excluding hydrogens is 278 g/mol. The van der Waals surface area contributed by atoms with Crippen molar-refractivity contribution in [2.45, 2.75) is 25.4 Å². The molecule has 0 aromatic heterocycles. The Bertz CT molecular complexity index is 484. The molecule has 0 bridgehead atoms. The van der Waals surface area contributed by atoms with E-state index >= 15 is 0 Å². The molecule has 0 aliphatic rings. The van der Waals surface area contributed by atoms with Gasteiger partial charge in [-0.2, -0.15) is 0 Å². The van der Waals surface area contributed by atoms with Gasteiger partial charge in [0.15, 0.2) is 0 Å². The van der Waals surface area contributed by atoms with Crippen molar-refractivity contribution in [3.05, 3.63) is 60.7 Å². The van der Waals surface area contributed by atoms with Gasteiger partial charge in [-0.25, -0.2) is 0 Å². The summed E-state index contributed by atoms with van der Waals surface area (Å²) in [7, 11) is 1.40. The molecule has 0 saturated heterocycles. The molecule has 1 atom stereocenters. The maximum Gasteiger partial charge on any atom is 0.326 e. The molecule has 0 saturated carbocycles. The van der Waals surface area contributed by atoms with Crippen LogP contribution in [0.3, 0.4) is 0 Å². The summed E-state index contributed by atoms with van der Waals surface area (Å²) in [6, 6.07) is 9.95. The van der Waals surface area contributed by atoms with Crippen LogP contribution in [-0.2, 0) is 20.8 Å². The number of rotatable bonds is 10. The van der Waals surface area contributed by atoms with Gasteiger partial charge in [0.05, 0.1) is 20.3 Å². The third kappa shape index (κ3) is 6.24. The summed E-state index contributed by atoms with van der Waals surface area (Å²) >= 11 is 0. The van der Waals surface area contributed by atoms with Crippen LogP contribution >= 0.6 is 0 Å². The van der Waals surface area contributed by atoms with E-state index in [0.717, 1.165) is 5.56 Å². The molecule has 4 nitrogen and oxygen atoms in total. The van der Waals surface area contributed by atoms with Crippen LogP contribution in [0.4, 0.5) is 0 Å². The van der Waals surface area contributed by atoms with E-state index < -0.39 is 5.54 Å². The fourth-order valence-electron chi connectivity index (χ4n) is 1.95. The third-order valence-corrected chi connectivity index (χ3v) is 3.30. The number of ether oxygens (including phenoxy) is 2. The first-order valence-corrected chi connectivity index (χ1v) is 7.33. The summed E-state index contributed by atoms with van der Waals surface area (Å²) in [5, 5.41) is 3.28. The van der Waals surface area contributed by atoms with Crippen LogP contribution < -0.4 is 5.32 Å². The van der Waals surface area contributed by atoms with Gasteiger partial charge in [-0.1, -0.05) is 48.6 Å². The van der Waals surface area contributed by atoms with Crippen molar-refractivity contribution in [2.24, 2.45) is 0 Å².